The van der Waals surface area contributed by atoms with Gasteiger partial charge in [0.1, 0.15) is 36.8 Å². The summed E-state index contributed by atoms with van der Waals surface area (Å²) in [5.41, 5.74) is 5.29. The molecule has 2 aliphatic heterocycles. The van der Waals surface area contributed by atoms with E-state index in [-0.39, 0.29) is 42.8 Å². The van der Waals surface area contributed by atoms with Crippen LogP contribution in [0.3, 0.4) is 0 Å². The van der Waals surface area contributed by atoms with Crippen molar-refractivity contribution in [3.05, 3.63) is 58.9 Å². The highest BCUT2D eigenvalue weighted by Crippen LogP contribution is 2.45. The Labute approximate surface area is 356 Å². The highest BCUT2D eigenvalue weighted by atomic mass is 28.3. The van der Waals surface area contributed by atoms with Crippen LogP contribution in [0.5, 0.6) is 5.75 Å². The van der Waals surface area contributed by atoms with Crippen LogP contribution in [0, 0.1) is 30.0 Å². The molecule has 12 heteroatoms. The molecule has 1 amide bonds. The summed E-state index contributed by atoms with van der Waals surface area (Å²) in [6, 6.07) is 6.36. The summed E-state index contributed by atoms with van der Waals surface area (Å²) in [6.07, 6.45) is 3.38. The molecule has 0 aliphatic carbocycles. The van der Waals surface area contributed by atoms with Gasteiger partial charge < -0.3 is 24.2 Å². The van der Waals surface area contributed by atoms with E-state index in [0.717, 1.165) is 12.8 Å². The minimum Gasteiger partial charge on any atom is -0.468 e. The molecule has 6 rings (SSSR count). The number of hydrogen-bond donors (Lipinski definition) is 1. The van der Waals surface area contributed by atoms with Gasteiger partial charge in [-0.15, -0.1) is 5.54 Å². The number of hydrogen-bond acceptors (Lipinski definition) is 8. The quantitative estimate of drug-likeness (QED) is 0.0906. The zero-order valence-corrected chi connectivity index (χ0v) is 38.8. The third kappa shape index (κ3) is 8.34. The molecular formula is C48H64F2N4O5Si. The van der Waals surface area contributed by atoms with Crippen LogP contribution < -0.4 is 9.64 Å². The molecule has 324 valence electrons. The molecule has 1 N–H and O–H groups in total. The van der Waals surface area contributed by atoms with Gasteiger partial charge in [0, 0.05) is 60.1 Å². The standard InChI is InChI=1S/C48H64F2N4O5Si/c1-28(2)60(29(3)4,30(5)6)21-18-36-39(49)17-14-32-22-35(58-27-57-13)23-37(41(32)36)43-42(50)40-31(7)44(48(11,12)19-20-55)52-45(38(40)24-51-43)53-25-33-15-16-34(26-53)54(33)46(56)59-47(8,9)10/h14,17,22-24,28-30,33-34,55H,15-16,19-20,25-27H2,1-13H3. The molecule has 2 unspecified atom stereocenters. The molecule has 2 saturated heterocycles. The second-order valence-corrected chi connectivity index (χ2v) is 24.9. The highest BCUT2D eigenvalue weighted by Gasteiger charge is 2.46. The molecule has 9 nitrogen and oxygen atoms in total. The van der Waals surface area contributed by atoms with E-state index in [0.29, 0.717) is 86.1 Å². The molecule has 2 aromatic carbocycles. The number of benzene rings is 2. The minimum atomic E-state index is -2.30. The van der Waals surface area contributed by atoms with Crippen molar-refractivity contribution in [2.24, 2.45) is 0 Å². The molecule has 60 heavy (non-hydrogen) atoms. The molecule has 4 aromatic rings. The van der Waals surface area contributed by atoms with Crippen molar-refractivity contribution in [2.75, 3.05) is 38.5 Å². The van der Waals surface area contributed by atoms with E-state index in [4.69, 9.17) is 24.2 Å². The monoisotopic (exact) mass is 842 g/mol. The van der Waals surface area contributed by atoms with Gasteiger partial charge in [-0.25, -0.2) is 18.6 Å². The number of methoxy groups -OCH3 is 1. The zero-order chi connectivity index (χ0) is 44.1. The summed E-state index contributed by atoms with van der Waals surface area (Å²) in [7, 11) is -0.774. The van der Waals surface area contributed by atoms with E-state index in [1.54, 1.807) is 24.4 Å². The number of aryl methyl sites for hydroxylation is 1. The van der Waals surface area contributed by atoms with Gasteiger partial charge in [0.05, 0.1) is 23.3 Å². The first-order valence-electron chi connectivity index (χ1n) is 21.4. The number of pyridine rings is 2. The number of ether oxygens (including phenoxy) is 3. The van der Waals surface area contributed by atoms with Crippen LogP contribution in [-0.4, -0.2) is 85.4 Å². The number of halogens is 2. The first kappa shape index (κ1) is 45.2. The normalized spacial score (nSPS) is 17.3. The Morgan fingerprint density at radius 3 is 2.18 bits per heavy atom. The van der Waals surface area contributed by atoms with E-state index in [1.807, 2.05) is 46.4 Å². The smallest absolute Gasteiger partial charge is 0.410 e. The Kier molecular flexibility index (Phi) is 13.0. The van der Waals surface area contributed by atoms with Gasteiger partial charge in [0.25, 0.3) is 0 Å². The Bertz CT molecular complexity index is 2290. The number of fused-ring (bicyclic) bond motifs is 4. The third-order valence-electron chi connectivity index (χ3n) is 12.9. The number of piperazine rings is 1. The number of carbonyl (C=O) groups is 1. The van der Waals surface area contributed by atoms with Crippen molar-refractivity contribution < 1.29 is 32.9 Å². The van der Waals surface area contributed by atoms with Crippen molar-refractivity contribution in [2.45, 2.75) is 142 Å². The molecule has 0 radical (unpaired) electrons. The number of amides is 1. The lowest BCUT2D eigenvalue weighted by Gasteiger charge is -2.42. The molecule has 2 atom stereocenters. The predicted octanol–water partition coefficient (Wildman–Crippen LogP) is 10.8. The van der Waals surface area contributed by atoms with Crippen molar-refractivity contribution in [1.29, 1.82) is 0 Å². The van der Waals surface area contributed by atoms with Crippen LogP contribution >= 0.6 is 0 Å². The topological polar surface area (TPSA) is 97.3 Å². The second-order valence-electron chi connectivity index (χ2n) is 19.3. The van der Waals surface area contributed by atoms with Gasteiger partial charge in [-0.3, -0.25) is 9.88 Å². The van der Waals surface area contributed by atoms with Gasteiger partial charge in [-0.05, 0) is 92.7 Å². The average molecular weight is 843 g/mol. The van der Waals surface area contributed by atoms with Crippen molar-refractivity contribution in [3.8, 4) is 28.5 Å². The van der Waals surface area contributed by atoms with Gasteiger partial charge >= 0.3 is 6.09 Å². The van der Waals surface area contributed by atoms with E-state index >= 15 is 8.78 Å². The number of aliphatic hydroxyl groups is 1. The summed E-state index contributed by atoms with van der Waals surface area (Å²) >= 11 is 0. The van der Waals surface area contributed by atoms with E-state index in [9.17, 15) is 9.90 Å². The van der Waals surface area contributed by atoms with Crippen molar-refractivity contribution in [3.63, 3.8) is 0 Å². The minimum absolute atomic E-state index is 0.0325. The second kappa shape index (κ2) is 17.2. The molecule has 0 spiro atoms. The zero-order valence-electron chi connectivity index (χ0n) is 37.8. The van der Waals surface area contributed by atoms with Gasteiger partial charge in [0.15, 0.2) is 12.6 Å². The van der Waals surface area contributed by atoms with Crippen LogP contribution in [0.1, 0.15) is 112 Å². The van der Waals surface area contributed by atoms with Crippen LogP contribution in [0.4, 0.5) is 19.4 Å². The van der Waals surface area contributed by atoms with E-state index in [1.165, 1.54) is 13.2 Å². The molecule has 2 aliphatic rings. The Morgan fingerprint density at radius 2 is 1.62 bits per heavy atom. The summed E-state index contributed by atoms with van der Waals surface area (Å²) in [6.45, 7) is 25.6. The maximum Gasteiger partial charge on any atom is 0.410 e. The maximum absolute atomic E-state index is 18.0. The first-order valence-corrected chi connectivity index (χ1v) is 23.7. The van der Waals surface area contributed by atoms with Crippen molar-refractivity contribution >= 4 is 41.5 Å². The average Bonchev–Trinajstić information content (AvgIpc) is 3.43. The number of carbonyl (C=O) groups excluding carboxylic acids is 1. The summed E-state index contributed by atoms with van der Waals surface area (Å²) in [5.74, 6) is 3.29. The van der Waals surface area contributed by atoms with Gasteiger partial charge in [0.2, 0.25) is 0 Å². The fourth-order valence-corrected chi connectivity index (χ4v) is 15.3. The van der Waals surface area contributed by atoms with Crippen LogP contribution in [0.15, 0.2) is 30.5 Å². The lowest BCUT2D eigenvalue weighted by molar-refractivity contribution is 0.0123. The Balaban J connectivity index is 1.61. The molecule has 2 fully saturated rings. The molecular weight excluding hydrogens is 779 g/mol. The number of rotatable bonds is 11. The highest BCUT2D eigenvalue weighted by molar-refractivity contribution is 6.90. The van der Waals surface area contributed by atoms with Crippen LogP contribution in [0.2, 0.25) is 16.6 Å². The predicted molar refractivity (Wildman–Crippen MR) is 239 cm³/mol. The van der Waals surface area contributed by atoms with E-state index in [2.05, 4.69) is 57.9 Å². The Hall–Kier alpha value is -4.31. The van der Waals surface area contributed by atoms with Crippen LogP contribution in [-0.2, 0) is 14.9 Å². The van der Waals surface area contributed by atoms with Gasteiger partial charge in [-0.2, -0.15) is 0 Å². The maximum atomic E-state index is 18.0. The number of aliphatic hydroxyl groups excluding tert-OH is 1. The Morgan fingerprint density at radius 1 is 0.983 bits per heavy atom. The fraction of sp³-hybridized carbons (Fsp3) is 0.562. The lowest BCUT2D eigenvalue weighted by atomic mass is 9.82. The fourth-order valence-electron chi connectivity index (χ4n) is 10.1. The molecule has 4 heterocycles. The number of anilines is 1. The largest absolute Gasteiger partial charge is 0.468 e. The lowest BCUT2D eigenvalue weighted by Crippen LogP contribution is -2.57. The molecule has 2 bridgehead atoms. The van der Waals surface area contributed by atoms with Crippen molar-refractivity contribution in [1.82, 2.24) is 14.9 Å². The third-order valence-corrected chi connectivity index (χ3v) is 19.2. The summed E-state index contributed by atoms with van der Waals surface area (Å²) < 4.78 is 51.4. The first-order chi connectivity index (χ1) is 28.2. The molecule has 2 aromatic heterocycles. The number of aromatic nitrogens is 2. The molecule has 0 saturated carbocycles. The SMILES string of the molecule is COCOc1cc(-c2ncc3c(N4CC5CCC(C4)N5C(=O)OC(C)(C)C)nc(C(C)(C)CCO)c(C)c3c2F)c2c(C#C[Si](C(C)C)(C(C)C)C(C)C)c(F)ccc2c1. The summed E-state index contributed by atoms with van der Waals surface area (Å²) in [5, 5.41) is 12.1. The number of nitrogens with zero attached hydrogens (tertiary/aromatic N) is 4. The van der Waals surface area contributed by atoms with Crippen LogP contribution in [0.25, 0.3) is 32.8 Å². The summed E-state index contributed by atoms with van der Waals surface area (Å²) in [4.78, 5) is 27.5. The van der Waals surface area contributed by atoms with Gasteiger partial charge in [-0.1, -0.05) is 67.4 Å². The van der Waals surface area contributed by atoms with E-state index < -0.39 is 30.7 Å².